The third-order valence-electron chi connectivity index (χ3n) is 8.74. The molecule has 3 aliphatic rings. The second-order valence-electron chi connectivity index (χ2n) is 11.0. The van der Waals surface area contributed by atoms with Crippen LogP contribution in [0, 0.1) is 0 Å². The van der Waals surface area contributed by atoms with E-state index in [-0.39, 0.29) is 17.7 Å². The van der Waals surface area contributed by atoms with Crippen LogP contribution in [0.4, 0.5) is 8.78 Å². The van der Waals surface area contributed by atoms with Gasteiger partial charge in [-0.15, -0.1) is 0 Å². The summed E-state index contributed by atoms with van der Waals surface area (Å²) < 4.78 is 33.5. The van der Waals surface area contributed by atoms with E-state index in [0.29, 0.717) is 53.1 Å². The Bertz CT molecular complexity index is 1610. The molecule has 2 atom stereocenters. The molecule has 1 saturated heterocycles. The molecule has 0 saturated carbocycles. The summed E-state index contributed by atoms with van der Waals surface area (Å²) in [5.41, 5.74) is 3.36. The van der Waals surface area contributed by atoms with E-state index in [0.717, 1.165) is 24.3 Å². The Morgan fingerprint density at radius 1 is 1.26 bits per heavy atom. The number of carbonyl (C=O) groups excluding carboxylic acids is 1. The van der Waals surface area contributed by atoms with E-state index in [4.69, 9.17) is 9.72 Å². The summed E-state index contributed by atoms with van der Waals surface area (Å²) in [5, 5.41) is 11.1. The summed E-state index contributed by atoms with van der Waals surface area (Å²) in [6, 6.07) is 4.34. The zero-order chi connectivity index (χ0) is 31.1. The molecule has 2 aliphatic heterocycles. The number of piperidine rings is 1. The first-order chi connectivity index (χ1) is 20.6. The van der Waals surface area contributed by atoms with Crippen LogP contribution < -0.4 is 4.74 Å². The third-order valence-corrected chi connectivity index (χ3v) is 8.74. The number of hydrogen-bond donors (Lipinski definition) is 1. The molecule has 228 valence electrons. The number of fused-ring (bicyclic) bond motifs is 9. The summed E-state index contributed by atoms with van der Waals surface area (Å²) >= 11 is 0. The van der Waals surface area contributed by atoms with Crippen molar-refractivity contribution in [1.82, 2.24) is 24.2 Å². The molecule has 1 aromatic carbocycles. The van der Waals surface area contributed by atoms with Crippen molar-refractivity contribution in [3.05, 3.63) is 77.5 Å². The van der Waals surface area contributed by atoms with Gasteiger partial charge in [0.25, 0.3) is 5.91 Å². The largest absolute Gasteiger partial charge is 0.434 e. The highest BCUT2D eigenvalue weighted by molar-refractivity contribution is 5.98. The lowest BCUT2D eigenvalue weighted by molar-refractivity contribution is -0.0506. The number of aromatic nitrogens is 3. The molecule has 0 radical (unpaired) electrons. The smallest absolute Gasteiger partial charge is 0.387 e. The molecule has 43 heavy (non-hydrogen) atoms. The predicted molar refractivity (Wildman–Crippen MR) is 162 cm³/mol. The third kappa shape index (κ3) is 5.36. The van der Waals surface area contributed by atoms with Gasteiger partial charge >= 0.3 is 6.61 Å². The van der Waals surface area contributed by atoms with Gasteiger partial charge in [-0.05, 0) is 45.4 Å². The molecule has 4 heterocycles. The number of amides is 1. The minimum Gasteiger partial charge on any atom is -0.434 e. The molecule has 2 bridgehead atoms. The number of rotatable bonds is 6. The molecule has 2 unspecified atom stereocenters. The second kappa shape index (κ2) is 12.0. The number of nitrogens with zero attached hydrogens (tertiary/aromatic N) is 6. The summed E-state index contributed by atoms with van der Waals surface area (Å²) in [6.45, 7) is 8.36. The van der Waals surface area contributed by atoms with Gasteiger partial charge in [0.1, 0.15) is 11.4 Å². The average molecular weight is 593 g/mol. The van der Waals surface area contributed by atoms with E-state index in [1.54, 1.807) is 42.6 Å². The number of allylic oxidation sites excluding steroid dienone is 2. The van der Waals surface area contributed by atoms with Gasteiger partial charge in [0.2, 0.25) is 5.78 Å². The minimum atomic E-state index is -3.03. The molecule has 1 aliphatic carbocycles. The van der Waals surface area contributed by atoms with Crippen molar-refractivity contribution >= 4 is 23.0 Å². The molecule has 0 spiro atoms. The highest BCUT2D eigenvalue weighted by Gasteiger charge is 2.46. The van der Waals surface area contributed by atoms with Gasteiger partial charge in [-0.25, -0.2) is 9.97 Å². The molecule has 1 amide bonds. The Kier molecular flexibility index (Phi) is 8.49. The minimum absolute atomic E-state index is 0.0138. The molecule has 2 aromatic heterocycles. The number of likely N-dealkylation sites (tertiary alicyclic amines) is 1. The van der Waals surface area contributed by atoms with Crippen LogP contribution >= 0.6 is 0 Å². The molecule has 3 aromatic rings. The van der Waals surface area contributed by atoms with Crippen molar-refractivity contribution in [3.63, 3.8) is 0 Å². The van der Waals surface area contributed by atoms with Crippen molar-refractivity contribution in [2.24, 2.45) is 4.99 Å². The van der Waals surface area contributed by atoms with Crippen LogP contribution in [0.5, 0.6) is 5.75 Å². The molecular weight excluding hydrogens is 554 g/mol. The van der Waals surface area contributed by atoms with E-state index in [9.17, 15) is 18.7 Å². The number of carbonyl (C=O) groups is 1. The van der Waals surface area contributed by atoms with E-state index >= 15 is 0 Å². The van der Waals surface area contributed by atoms with Crippen molar-refractivity contribution in [1.29, 1.82) is 0 Å². The number of imidazole rings is 1. The molecule has 6 rings (SSSR count). The maximum absolute atomic E-state index is 13.4. The highest BCUT2D eigenvalue weighted by Crippen LogP contribution is 2.52. The van der Waals surface area contributed by atoms with Crippen molar-refractivity contribution < 1.29 is 23.4 Å². The van der Waals surface area contributed by atoms with Crippen LogP contribution in [0.2, 0.25) is 0 Å². The first-order valence-electron chi connectivity index (χ1n) is 14.6. The zero-order valence-electron chi connectivity index (χ0n) is 25.2. The molecule has 1 N–H and O–H groups in total. The Hall–Kier alpha value is -3.96. The number of ether oxygens (including phenoxy) is 1. The normalized spacial score (nSPS) is 21.7. The monoisotopic (exact) mass is 592 g/mol. The number of benzene rings is 1. The number of aliphatic imine (C=N–C) groups is 1. The predicted octanol–water partition coefficient (Wildman–Crippen LogP) is 5.46. The van der Waals surface area contributed by atoms with Crippen LogP contribution in [-0.4, -0.2) is 80.3 Å². The van der Waals surface area contributed by atoms with Crippen molar-refractivity contribution in [2.75, 3.05) is 27.2 Å². The first-order valence-corrected chi connectivity index (χ1v) is 14.6. The second-order valence-corrected chi connectivity index (χ2v) is 11.0. The van der Waals surface area contributed by atoms with Crippen LogP contribution in [0.15, 0.2) is 54.4 Å². The van der Waals surface area contributed by atoms with Crippen LogP contribution in [0.3, 0.4) is 0 Å². The molecule has 11 heteroatoms. The van der Waals surface area contributed by atoms with Crippen LogP contribution in [0.1, 0.15) is 84.9 Å². The fourth-order valence-electron chi connectivity index (χ4n) is 6.25. The summed E-state index contributed by atoms with van der Waals surface area (Å²) in [6.07, 6.45) is 8.63. The maximum atomic E-state index is 13.4. The maximum Gasteiger partial charge on any atom is 0.387 e. The lowest BCUT2D eigenvalue weighted by Gasteiger charge is -2.36. The van der Waals surface area contributed by atoms with E-state index in [2.05, 4.69) is 21.5 Å². The van der Waals surface area contributed by atoms with Gasteiger partial charge in [0.05, 0.1) is 17.4 Å². The van der Waals surface area contributed by atoms with E-state index in [1.165, 1.54) is 6.07 Å². The van der Waals surface area contributed by atoms with Crippen molar-refractivity contribution in [2.45, 2.75) is 64.2 Å². The quantitative estimate of drug-likeness (QED) is 0.302. The molecule has 9 nitrogen and oxygen atoms in total. The fourth-order valence-corrected chi connectivity index (χ4v) is 6.25. The van der Waals surface area contributed by atoms with Crippen LogP contribution in [0.25, 0.3) is 11.4 Å². The summed E-state index contributed by atoms with van der Waals surface area (Å²) in [5.74, 6) is -0.246. The molecule has 1 fully saturated rings. The summed E-state index contributed by atoms with van der Waals surface area (Å²) in [7, 11) is 3.74. The van der Waals surface area contributed by atoms with Crippen molar-refractivity contribution in [3.8, 4) is 5.75 Å². The standard InChI is InChI=1S/C30H32F2N6O3.C2H6/c1-5-18(14-33-17(2)30(40)9-11-36(3)12-10-30)19-15-34-29-35-25-22-13-21(26(25)38(29)16-19)24-20(27(39)37(22)4)7-6-8-23(24)41-28(31)32;1-2/h5-8,14-16,21-22,28,40H,1,9-13H2,2-4H3;1-2H3/b18-14+,33-17?;. The van der Waals surface area contributed by atoms with Gasteiger partial charge in [-0.1, -0.05) is 32.6 Å². The lowest BCUT2D eigenvalue weighted by atomic mass is 9.87. The first kappa shape index (κ1) is 30.5. The molecular formula is C32H38F2N6O3. The van der Waals surface area contributed by atoms with Gasteiger partial charge in [0, 0.05) is 72.6 Å². The van der Waals surface area contributed by atoms with Gasteiger partial charge in [0.15, 0.2) is 0 Å². The van der Waals surface area contributed by atoms with E-state index < -0.39 is 18.1 Å². The Labute approximate surface area is 250 Å². The summed E-state index contributed by atoms with van der Waals surface area (Å²) in [4.78, 5) is 31.1. The zero-order valence-corrected chi connectivity index (χ0v) is 25.2. The fraction of sp³-hybridized carbons (Fsp3) is 0.438. The number of halogens is 2. The van der Waals surface area contributed by atoms with Gasteiger partial charge in [-0.3, -0.25) is 14.2 Å². The SMILES string of the molecule is C=C/C(=C\N=C(C)C1(O)CCN(C)CC1)c1cnc2nc3c(n2c1)C1CC3N(C)C(=O)c2cccc(OC(F)F)c21.CC. The Morgan fingerprint density at radius 3 is 2.65 bits per heavy atom. The average Bonchev–Trinajstić information content (AvgIpc) is 3.53. The Balaban J connectivity index is 0.00000180. The number of hydrogen-bond acceptors (Lipinski definition) is 7. The van der Waals surface area contributed by atoms with Gasteiger partial charge in [-0.2, -0.15) is 8.78 Å². The number of alkyl halides is 2. The lowest BCUT2D eigenvalue weighted by Crippen LogP contribution is -2.47. The van der Waals surface area contributed by atoms with Crippen LogP contribution in [-0.2, 0) is 0 Å². The number of aliphatic hydroxyl groups is 1. The van der Waals surface area contributed by atoms with E-state index in [1.807, 2.05) is 38.4 Å². The van der Waals surface area contributed by atoms with Gasteiger partial charge < -0.3 is 19.6 Å². The highest BCUT2D eigenvalue weighted by atomic mass is 19.3. The Morgan fingerprint density at radius 2 is 1.98 bits per heavy atom. The topological polar surface area (TPSA) is 95.6 Å².